The zero-order valence-corrected chi connectivity index (χ0v) is 18.3. The number of hydrogen-bond donors (Lipinski definition) is 2. The van der Waals surface area contributed by atoms with E-state index in [-0.39, 0.29) is 11.0 Å². The number of thiocarbonyl (C=S) groups is 1. The summed E-state index contributed by atoms with van der Waals surface area (Å²) in [6.07, 6.45) is 0. The molecule has 0 saturated heterocycles. The lowest BCUT2D eigenvalue weighted by Gasteiger charge is -2.14. The fourth-order valence-corrected chi connectivity index (χ4v) is 3.47. The van der Waals surface area contributed by atoms with E-state index in [1.165, 1.54) is 7.11 Å². The van der Waals surface area contributed by atoms with Gasteiger partial charge in [-0.3, -0.25) is 10.1 Å². The molecule has 0 atom stereocenters. The number of rotatable bonds is 4. The number of amides is 1. The van der Waals surface area contributed by atoms with Crippen LogP contribution in [0.25, 0.3) is 22.1 Å². The molecule has 0 unspecified atom stereocenters. The number of methoxy groups -OCH3 is 1. The van der Waals surface area contributed by atoms with Crippen molar-refractivity contribution in [3.63, 3.8) is 0 Å². The molecule has 0 fully saturated rings. The molecule has 2 N–H and O–H groups in total. The number of nitrogens with one attached hydrogen (secondary N) is 2. The maximum Gasteiger partial charge on any atom is 0.344 e. The van der Waals surface area contributed by atoms with Crippen LogP contribution in [0.3, 0.4) is 0 Å². The Hall–Kier alpha value is -3.97. The summed E-state index contributed by atoms with van der Waals surface area (Å²) in [6.45, 7) is 1.95. The minimum atomic E-state index is -0.449. The Morgan fingerprint density at radius 3 is 2.50 bits per heavy atom. The minimum Gasteiger partial charge on any atom is -0.495 e. The summed E-state index contributed by atoms with van der Waals surface area (Å²) in [4.78, 5) is 25.0. The molecule has 0 aliphatic heterocycles. The van der Waals surface area contributed by atoms with Crippen molar-refractivity contribution in [1.29, 1.82) is 0 Å². The van der Waals surface area contributed by atoms with Crippen molar-refractivity contribution >= 4 is 39.9 Å². The van der Waals surface area contributed by atoms with Crippen molar-refractivity contribution in [3.8, 4) is 16.9 Å². The first-order chi connectivity index (χ1) is 15.4. The van der Waals surface area contributed by atoms with Crippen molar-refractivity contribution in [2.24, 2.45) is 0 Å². The number of benzene rings is 3. The normalized spacial score (nSPS) is 10.6. The van der Waals surface area contributed by atoms with Gasteiger partial charge in [0.1, 0.15) is 11.3 Å². The standard InChI is InChI=1S/C25H20N2O4S/c1-15-7-9-16(10-8-15)23(28)27-25(32)26-20-14-17(11-12-22(20)30-2)19-13-18-5-3-4-6-21(18)31-24(19)29/h3-14H,1-2H3,(H2,26,27,28,32). The first kappa shape index (κ1) is 21.3. The highest BCUT2D eigenvalue weighted by Gasteiger charge is 2.13. The minimum absolute atomic E-state index is 0.108. The van der Waals surface area contributed by atoms with Crippen LogP contribution in [0.5, 0.6) is 5.75 Å². The van der Waals surface area contributed by atoms with Gasteiger partial charge >= 0.3 is 5.63 Å². The number of carbonyl (C=O) groups is 1. The molecule has 0 spiro atoms. The van der Waals surface area contributed by atoms with Crippen LogP contribution < -0.4 is 21.0 Å². The smallest absolute Gasteiger partial charge is 0.344 e. The summed E-state index contributed by atoms with van der Waals surface area (Å²) >= 11 is 5.32. The molecule has 7 heteroatoms. The number of aryl methyl sites for hydroxylation is 1. The number of ether oxygens (including phenoxy) is 1. The zero-order valence-electron chi connectivity index (χ0n) is 17.5. The summed E-state index contributed by atoms with van der Waals surface area (Å²) in [5, 5.41) is 6.56. The Kier molecular flexibility index (Phi) is 6.00. The largest absolute Gasteiger partial charge is 0.495 e. The van der Waals surface area contributed by atoms with E-state index in [0.29, 0.717) is 33.7 Å². The van der Waals surface area contributed by atoms with Gasteiger partial charge < -0.3 is 14.5 Å². The lowest BCUT2D eigenvalue weighted by molar-refractivity contribution is 0.0977. The van der Waals surface area contributed by atoms with E-state index < -0.39 is 5.63 Å². The molecule has 0 bridgehead atoms. The van der Waals surface area contributed by atoms with Gasteiger partial charge in [-0.2, -0.15) is 0 Å². The molecule has 160 valence electrons. The maximum absolute atomic E-state index is 12.5. The van der Waals surface area contributed by atoms with Crippen LogP contribution in [0.4, 0.5) is 5.69 Å². The van der Waals surface area contributed by atoms with Crippen LogP contribution in [0.1, 0.15) is 15.9 Å². The van der Waals surface area contributed by atoms with E-state index in [1.54, 1.807) is 42.5 Å². The van der Waals surface area contributed by atoms with Crippen LogP contribution in [0.2, 0.25) is 0 Å². The van der Waals surface area contributed by atoms with E-state index in [1.807, 2.05) is 37.3 Å². The van der Waals surface area contributed by atoms with Crippen LogP contribution in [-0.4, -0.2) is 18.1 Å². The summed E-state index contributed by atoms with van der Waals surface area (Å²) in [6, 6.07) is 21.5. The highest BCUT2D eigenvalue weighted by atomic mass is 32.1. The van der Waals surface area contributed by atoms with Crippen molar-refractivity contribution in [2.75, 3.05) is 12.4 Å². The van der Waals surface area contributed by atoms with Gasteiger partial charge in [0.15, 0.2) is 5.11 Å². The van der Waals surface area contributed by atoms with Gasteiger partial charge in [0.25, 0.3) is 5.91 Å². The molecule has 32 heavy (non-hydrogen) atoms. The molecule has 0 aliphatic carbocycles. The van der Waals surface area contributed by atoms with E-state index >= 15 is 0 Å². The van der Waals surface area contributed by atoms with Gasteiger partial charge in [-0.25, -0.2) is 4.79 Å². The van der Waals surface area contributed by atoms with Gasteiger partial charge in [0.2, 0.25) is 0 Å². The number of carbonyl (C=O) groups excluding carboxylic acids is 1. The molecule has 6 nitrogen and oxygen atoms in total. The number of fused-ring (bicyclic) bond motifs is 1. The fourth-order valence-electron chi connectivity index (χ4n) is 3.27. The molecule has 4 aromatic rings. The van der Waals surface area contributed by atoms with E-state index in [2.05, 4.69) is 10.6 Å². The molecule has 1 aromatic heterocycles. The Bertz CT molecular complexity index is 1380. The van der Waals surface area contributed by atoms with Crippen molar-refractivity contribution < 1.29 is 13.9 Å². The highest BCUT2D eigenvalue weighted by Crippen LogP contribution is 2.30. The first-order valence-electron chi connectivity index (χ1n) is 9.85. The average molecular weight is 445 g/mol. The summed E-state index contributed by atoms with van der Waals surface area (Å²) < 4.78 is 10.8. The Morgan fingerprint density at radius 1 is 1.00 bits per heavy atom. The number of hydrogen-bond acceptors (Lipinski definition) is 5. The highest BCUT2D eigenvalue weighted by molar-refractivity contribution is 7.80. The van der Waals surface area contributed by atoms with Crippen LogP contribution in [0, 0.1) is 6.92 Å². The molecule has 3 aromatic carbocycles. The number of para-hydroxylation sites is 1. The predicted octanol–water partition coefficient (Wildman–Crippen LogP) is 4.90. The molecular formula is C25H20N2O4S. The molecule has 1 amide bonds. The lowest BCUT2D eigenvalue weighted by atomic mass is 10.0. The summed E-state index contributed by atoms with van der Waals surface area (Å²) in [7, 11) is 1.53. The topological polar surface area (TPSA) is 80.6 Å². The lowest BCUT2D eigenvalue weighted by Crippen LogP contribution is -2.34. The quantitative estimate of drug-likeness (QED) is 0.344. The Morgan fingerprint density at radius 2 is 1.75 bits per heavy atom. The second-order valence-corrected chi connectivity index (χ2v) is 7.58. The summed E-state index contributed by atoms with van der Waals surface area (Å²) in [5.41, 5.74) is 3.16. The summed E-state index contributed by atoms with van der Waals surface area (Å²) in [5.74, 6) is 0.179. The van der Waals surface area contributed by atoms with E-state index in [4.69, 9.17) is 21.4 Å². The second kappa shape index (κ2) is 9.03. The average Bonchev–Trinajstić information content (AvgIpc) is 2.79. The van der Waals surface area contributed by atoms with Gasteiger partial charge in [0.05, 0.1) is 18.4 Å². The van der Waals surface area contributed by atoms with E-state index in [9.17, 15) is 9.59 Å². The van der Waals surface area contributed by atoms with Crippen molar-refractivity contribution in [3.05, 3.63) is 94.3 Å². The van der Waals surface area contributed by atoms with Crippen LogP contribution in [0.15, 0.2) is 82.0 Å². The Labute approximate surface area is 189 Å². The second-order valence-electron chi connectivity index (χ2n) is 7.17. The van der Waals surface area contributed by atoms with Gasteiger partial charge in [-0.1, -0.05) is 42.0 Å². The maximum atomic E-state index is 12.5. The van der Waals surface area contributed by atoms with E-state index in [0.717, 1.165) is 10.9 Å². The zero-order chi connectivity index (χ0) is 22.7. The van der Waals surface area contributed by atoms with Crippen molar-refractivity contribution in [1.82, 2.24) is 5.32 Å². The third-order valence-corrected chi connectivity index (χ3v) is 5.15. The van der Waals surface area contributed by atoms with Gasteiger partial charge in [0, 0.05) is 10.9 Å². The Balaban J connectivity index is 1.60. The molecular weight excluding hydrogens is 424 g/mol. The van der Waals surface area contributed by atoms with Gasteiger partial charge in [-0.05, 0) is 61.1 Å². The SMILES string of the molecule is COc1ccc(-c2cc3ccccc3oc2=O)cc1NC(=S)NC(=O)c1ccc(C)cc1. The van der Waals surface area contributed by atoms with Crippen LogP contribution >= 0.6 is 12.2 Å². The first-order valence-corrected chi connectivity index (χ1v) is 10.3. The fraction of sp³-hybridized carbons (Fsp3) is 0.0800. The monoisotopic (exact) mass is 444 g/mol. The molecule has 0 saturated carbocycles. The third kappa shape index (κ3) is 4.53. The third-order valence-electron chi connectivity index (χ3n) is 4.94. The molecule has 4 rings (SSSR count). The molecule has 1 heterocycles. The van der Waals surface area contributed by atoms with Crippen LogP contribution in [-0.2, 0) is 0 Å². The molecule has 0 radical (unpaired) electrons. The van der Waals surface area contributed by atoms with Gasteiger partial charge in [-0.15, -0.1) is 0 Å². The molecule has 0 aliphatic rings. The number of anilines is 1. The van der Waals surface area contributed by atoms with Crippen molar-refractivity contribution in [2.45, 2.75) is 6.92 Å². The predicted molar refractivity (Wildman–Crippen MR) is 129 cm³/mol.